The smallest absolute Gasteiger partial charge is 0.314 e. The van der Waals surface area contributed by atoms with Crippen molar-refractivity contribution in [2.75, 3.05) is 0 Å². The highest BCUT2D eigenvalue weighted by atomic mass is 35.5. The number of aromatic hydroxyl groups is 1. The zero-order chi connectivity index (χ0) is 11.6. The summed E-state index contributed by atoms with van der Waals surface area (Å²) in [5.74, 6) is -3.37. The lowest BCUT2D eigenvalue weighted by atomic mass is 9.99. The van der Waals surface area contributed by atoms with Crippen LogP contribution in [0.25, 0.3) is 0 Å². The Morgan fingerprint density at radius 3 is 2.53 bits per heavy atom. The molecule has 0 heterocycles. The quantitative estimate of drug-likeness (QED) is 0.613. The van der Waals surface area contributed by atoms with E-state index in [4.69, 9.17) is 16.7 Å². The first-order chi connectivity index (χ1) is 6.93. The number of carbonyl (C=O) groups excluding carboxylic acids is 1. The zero-order valence-corrected chi connectivity index (χ0v) is 8.65. The Labute approximate surface area is 91.1 Å². The standard InChI is InChI=1S/C10H9ClO4/c1-5(10(14)15)9(13)7-4-6(11)2-3-8(7)12/h2-5,12H,1H3,(H,14,15). The van der Waals surface area contributed by atoms with Crippen molar-refractivity contribution in [3.8, 4) is 5.75 Å². The molecule has 1 rings (SSSR count). The maximum absolute atomic E-state index is 11.6. The molecule has 0 aliphatic rings. The molecule has 0 spiro atoms. The van der Waals surface area contributed by atoms with Crippen molar-refractivity contribution in [1.82, 2.24) is 0 Å². The molecule has 1 aromatic rings. The number of carboxylic acids is 1. The van der Waals surface area contributed by atoms with Gasteiger partial charge >= 0.3 is 5.97 Å². The van der Waals surface area contributed by atoms with Gasteiger partial charge in [0.1, 0.15) is 11.7 Å². The number of carbonyl (C=O) groups is 2. The van der Waals surface area contributed by atoms with E-state index in [1.165, 1.54) is 25.1 Å². The first-order valence-corrected chi connectivity index (χ1v) is 4.57. The number of rotatable bonds is 3. The molecule has 0 saturated heterocycles. The van der Waals surface area contributed by atoms with E-state index < -0.39 is 17.7 Å². The van der Waals surface area contributed by atoms with Gasteiger partial charge < -0.3 is 10.2 Å². The SMILES string of the molecule is CC(C(=O)O)C(=O)c1cc(Cl)ccc1O. The molecule has 0 aliphatic carbocycles. The molecular formula is C10H9ClO4. The van der Waals surface area contributed by atoms with Crippen molar-refractivity contribution in [3.05, 3.63) is 28.8 Å². The lowest BCUT2D eigenvalue weighted by molar-refractivity contribution is -0.139. The minimum atomic E-state index is -1.24. The third kappa shape index (κ3) is 2.47. The summed E-state index contributed by atoms with van der Waals surface area (Å²) >= 11 is 5.63. The largest absolute Gasteiger partial charge is 0.507 e. The monoisotopic (exact) mass is 228 g/mol. The van der Waals surface area contributed by atoms with Crippen LogP contribution in [-0.2, 0) is 4.79 Å². The summed E-state index contributed by atoms with van der Waals surface area (Å²) in [6.07, 6.45) is 0. The number of phenols is 1. The molecule has 0 radical (unpaired) electrons. The number of phenolic OH excluding ortho intramolecular Hbond substituents is 1. The highest BCUT2D eigenvalue weighted by Crippen LogP contribution is 2.24. The molecule has 80 valence electrons. The van der Waals surface area contributed by atoms with Gasteiger partial charge in [0.15, 0.2) is 5.78 Å². The van der Waals surface area contributed by atoms with Crippen molar-refractivity contribution in [2.45, 2.75) is 6.92 Å². The van der Waals surface area contributed by atoms with Gasteiger partial charge in [0, 0.05) is 5.02 Å². The van der Waals surface area contributed by atoms with E-state index in [1.54, 1.807) is 0 Å². The van der Waals surface area contributed by atoms with Gasteiger partial charge in [-0.25, -0.2) is 0 Å². The Morgan fingerprint density at radius 2 is 2.00 bits per heavy atom. The van der Waals surface area contributed by atoms with Crippen LogP contribution in [0.3, 0.4) is 0 Å². The number of benzene rings is 1. The van der Waals surface area contributed by atoms with Gasteiger partial charge in [-0.05, 0) is 25.1 Å². The normalized spacial score (nSPS) is 12.1. The highest BCUT2D eigenvalue weighted by Gasteiger charge is 2.24. The van der Waals surface area contributed by atoms with E-state index in [9.17, 15) is 14.7 Å². The minimum Gasteiger partial charge on any atom is -0.507 e. The molecule has 0 amide bonds. The Balaban J connectivity index is 3.11. The van der Waals surface area contributed by atoms with E-state index in [2.05, 4.69) is 0 Å². The average Bonchev–Trinajstić information content (AvgIpc) is 2.19. The van der Waals surface area contributed by atoms with Gasteiger partial charge in [0.2, 0.25) is 0 Å². The fourth-order valence-electron chi connectivity index (χ4n) is 1.05. The Morgan fingerprint density at radius 1 is 1.40 bits per heavy atom. The van der Waals surface area contributed by atoms with Crippen molar-refractivity contribution in [1.29, 1.82) is 0 Å². The number of aliphatic carboxylic acids is 1. The third-order valence-corrected chi connectivity index (χ3v) is 2.22. The van der Waals surface area contributed by atoms with Crippen molar-refractivity contribution < 1.29 is 19.8 Å². The highest BCUT2D eigenvalue weighted by molar-refractivity contribution is 6.31. The van der Waals surface area contributed by atoms with Crippen LogP contribution in [0.4, 0.5) is 0 Å². The van der Waals surface area contributed by atoms with Crippen LogP contribution < -0.4 is 0 Å². The van der Waals surface area contributed by atoms with Gasteiger partial charge in [-0.1, -0.05) is 11.6 Å². The van der Waals surface area contributed by atoms with Crippen LogP contribution in [0.5, 0.6) is 5.75 Å². The number of carboxylic acid groups (broad SMARTS) is 1. The summed E-state index contributed by atoms with van der Waals surface area (Å²) in [6, 6.07) is 3.92. The fraction of sp³-hybridized carbons (Fsp3) is 0.200. The van der Waals surface area contributed by atoms with Gasteiger partial charge in [-0.15, -0.1) is 0 Å². The number of halogens is 1. The first-order valence-electron chi connectivity index (χ1n) is 4.19. The van der Waals surface area contributed by atoms with Crippen LogP contribution in [0.1, 0.15) is 17.3 Å². The molecule has 15 heavy (non-hydrogen) atoms. The summed E-state index contributed by atoms with van der Waals surface area (Å²) in [7, 11) is 0. The summed E-state index contributed by atoms with van der Waals surface area (Å²) in [4.78, 5) is 22.1. The fourth-order valence-corrected chi connectivity index (χ4v) is 1.22. The van der Waals surface area contributed by atoms with Crippen LogP contribution >= 0.6 is 11.6 Å². The molecule has 0 saturated carbocycles. The summed E-state index contributed by atoms with van der Waals surface area (Å²) in [5.41, 5.74) is -0.0719. The van der Waals surface area contributed by atoms with Crippen LogP contribution in [0.15, 0.2) is 18.2 Å². The summed E-state index contributed by atoms with van der Waals surface area (Å²) in [6.45, 7) is 1.25. The molecule has 0 aromatic heterocycles. The number of ketones is 1. The Kier molecular flexibility index (Phi) is 3.31. The molecule has 0 bridgehead atoms. The predicted octanol–water partition coefficient (Wildman–Crippen LogP) is 1.95. The van der Waals surface area contributed by atoms with E-state index in [0.29, 0.717) is 0 Å². The van der Waals surface area contributed by atoms with Gasteiger partial charge in [0.05, 0.1) is 5.56 Å². The molecule has 1 aromatic carbocycles. The summed E-state index contributed by atoms with van der Waals surface area (Å²) in [5, 5.41) is 18.3. The number of hydrogen-bond donors (Lipinski definition) is 2. The molecular weight excluding hydrogens is 220 g/mol. The van der Waals surface area contributed by atoms with Crippen LogP contribution in [-0.4, -0.2) is 22.0 Å². The zero-order valence-electron chi connectivity index (χ0n) is 7.90. The lowest BCUT2D eigenvalue weighted by Gasteiger charge is -2.07. The molecule has 4 nitrogen and oxygen atoms in total. The molecule has 1 unspecified atom stereocenters. The van der Waals surface area contributed by atoms with Gasteiger partial charge in [-0.2, -0.15) is 0 Å². The molecule has 0 aliphatic heterocycles. The second-order valence-electron chi connectivity index (χ2n) is 3.09. The lowest BCUT2D eigenvalue weighted by Crippen LogP contribution is -2.20. The van der Waals surface area contributed by atoms with Crippen molar-refractivity contribution in [3.63, 3.8) is 0 Å². The van der Waals surface area contributed by atoms with E-state index >= 15 is 0 Å². The maximum atomic E-state index is 11.6. The van der Waals surface area contributed by atoms with Gasteiger partial charge in [-0.3, -0.25) is 9.59 Å². The van der Waals surface area contributed by atoms with Crippen molar-refractivity contribution >= 4 is 23.4 Å². The van der Waals surface area contributed by atoms with Gasteiger partial charge in [0.25, 0.3) is 0 Å². The number of hydrogen-bond acceptors (Lipinski definition) is 3. The minimum absolute atomic E-state index is 0.0719. The molecule has 5 heteroatoms. The molecule has 0 fully saturated rings. The van der Waals surface area contributed by atoms with E-state index in [0.717, 1.165) is 0 Å². The second-order valence-corrected chi connectivity index (χ2v) is 3.52. The van der Waals surface area contributed by atoms with Crippen LogP contribution in [0, 0.1) is 5.92 Å². The van der Waals surface area contributed by atoms with E-state index in [1.807, 2.05) is 0 Å². The molecule has 1 atom stereocenters. The maximum Gasteiger partial charge on any atom is 0.314 e. The number of Topliss-reactive ketones (excluding diaryl/α,β-unsaturated/α-hetero) is 1. The third-order valence-electron chi connectivity index (χ3n) is 1.99. The average molecular weight is 229 g/mol. The van der Waals surface area contributed by atoms with Crippen LogP contribution in [0.2, 0.25) is 5.02 Å². The first kappa shape index (κ1) is 11.5. The summed E-state index contributed by atoms with van der Waals surface area (Å²) < 4.78 is 0. The predicted molar refractivity (Wildman–Crippen MR) is 54.2 cm³/mol. The topological polar surface area (TPSA) is 74.6 Å². The Hall–Kier alpha value is -1.55. The van der Waals surface area contributed by atoms with E-state index in [-0.39, 0.29) is 16.3 Å². The second kappa shape index (κ2) is 4.31. The van der Waals surface area contributed by atoms with Crippen molar-refractivity contribution in [2.24, 2.45) is 5.92 Å². The molecule has 2 N–H and O–H groups in total. The Bertz CT molecular complexity index is 414.